The highest BCUT2D eigenvalue weighted by atomic mass is 16.5. The number of H-pyrrole nitrogens is 2. The summed E-state index contributed by atoms with van der Waals surface area (Å²) in [6.45, 7) is 4.87. The number of amides is 2. The number of aliphatic hydroxyl groups excluding tert-OH is 2. The lowest BCUT2D eigenvalue weighted by atomic mass is 9.88. The maximum Gasteiger partial charge on any atom is 0.304 e. The van der Waals surface area contributed by atoms with Crippen LogP contribution in [0.15, 0.2) is 25.0 Å². The molecule has 0 radical (unpaired) electrons. The van der Waals surface area contributed by atoms with Gasteiger partial charge in [-0.05, 0) is 33.6 Å². The van der Waals surface area contributed by atoms with Gasteiger partial charge in [-0.3, -0.25) is 43.2 Å². The molecule has 0 saturated carbocycles. The number of nitrogens with zero attached hydrogens (tertiary/aromatic N) is 2. The van der Waals surface area contributed by atoms with Gasteiger partial charge >= 0.3 is 11.9 Å². The van der Waals surface area contributed by atoms with Gasteiger partial charge < -0.3 is 50.6 Å². The normalized spacial score (nSPS) is 15.1. The molecular formula is C42H60N6O15. The molecule has 0 unspecified atom stereocenters. The van der Waals surface area contributed by atoms with Gasteiger partial charge in [0.1, 0.15) is 24.0 Å². The Morgan fingerprint density at radius 2 is 1.10 bits per heavy atom. The number of Topliss-reactive ketones (excluding diaryl/α,β-unsaturated/α-hetero) is 6. The van der Waals surface area contributed by atoms with Crippen molar-refractivity contribution >= 4 is 58.5 Å². The molecule has 21 nitrogen and oxygen atoms in total. The minimum Gasteiger partial charge on any atom is -0.481 e. The summed E-state index contributed by atoms with van der Waals surface area (Å²) in [5, 5.41) is 44.6. The summed E-state index contributed by atoms with van der Waals surface area (Å²) in [4.78, 5) is 141. The number of aliphatic carboxylic acids is 2. The fourth-order valence-corrected chi connectivity index (χ4v) is 6.84. The second-order valence-electron chi connectivity index (χ2n) is 15.8. The Hall–Kier alpha value is -5.80. The summed E-state index contributed by atoms with van der Waals surface area (Å²) in [5.74, 6) is -12.5. The van der Waals surface area contributed by atoms with E-state index < -0.39 is 139 Å². The molecular weight excluding hydrogens is 828 g/mol. The number of aliphatic hydroxyl groups is 2. The summed E-state index contributed by atoms with van der Waals surface area (Å²) in [6, 6.07) is -2.53. The van der Waals surface area contributed by atoms with E-state index >= 15 is 0 Å². The van der Waals surface area contributed by atoms with Crippen molar-refractivity contribution in [3.05, 3.63) is 36.4 Å². The van der Waals surface area contributed by atoms with Crippen LogP contribution in [0.5, 0.6) is 0 Å². The summed E-state index contributed by atoms with van der Waals surface area (Å²) in [7, 11) is 0. The van der Waals surface area contributed by atoms with Crippen LogP contribution in [-0.4, -0.2) is 136 Å². The van der Waals surface area contributed by atoms with E-state index in [0.29, 0.717) is 17.8 Å². The van der Waals surface area contributed by atoms with Crippen LogP contribution in [0.3, 0.4) is 0 Å². The van der Waals surface area contributed by atoms with Crippen LogP contribution >= 0.6 is 0 Å². The Morgan fingerprint density at radius 1 is 0.651 bits per heavy atom. The van der Waals surface area contributed by atoms with Crippen molar-refractivity contribution < 1.29 is 73.1 Å². The molecule has 2 heterocycles. The molecule has 348 valence electrons. The summed E-state index contributed by atoms with van der Waals surface area (Å²) in [6.07, 6.45) is -0.172. The molecule has 0 fully saturated rings. The van der Waals surface area contributed by atoms with Crippen LogP contribution in [0, 0.1) is 23.7 Å². The third-order valence-electron chi connectivity index (χ3n) is 10.3. The van der Waals surface area contributed by atoms with Crippen LogP contribution in [-0.2, 0) is 65.5 Å². The molecule has 2 aromatic rings. The number of carbonyl (C=O) groups excluding carboxylic acids is 8. The highest BCUT2D eigenvalue weighted by molar-refractivity contribution is 5.97. The Labute approximate surface area is 363 Å². The van der Waals surface area contributed by atoms with E-state index in [1.54, 1.807) is 6.92 Å². The van der Waals surface area contributed by atoms with Gasteiger partial charge in [0.25, 0.3) is 0 Å². The molecule has 0 aliphatic carbocycles. The first-order chi connectivity index (χ1) is 29.7. The number of aromatic amines is 2. The van der Waals surface area contributed by atoms with Crippen molar-refractivity contribution in [2.45, 2.75) is 129 Å². The number of aromatic nitrogens is 4. The molecule has 0 aliphatic rings. The number of carboxylic acid groups (broad SMARTS) is 2. The Kier molecular flexibility index (Phi) is 23.1. The van der Waals surface area contributed by atoms with Crippen molar-refractivity contribution in [3.63, 3.8) is 0 Å². The number of imidazole rings is 2. The molecule has 8 N–H and O–H groups in total. The first-order valence-corrected chi connectivity index (χ1v) is 20.8. The van der Waals surface area contributed by atoms with Crippen molar-refractivity contribution in [3.8, 4) is 0 Å². The fraction of sp³-hybridized carbons (Fsp3) is 0.619. The predicted octanol–water partition coefficient (Wildman–Crippen LogP) is 0.655. The number of ether oxygens (including phenoxy) is 1. The topological polar surface area (TPSA) is 342 Å². The fourth-order valence-electron chi connectivity index (χ4n) is 6.84. The summed E-state index contributed by atoms with van der Waals surface area (Å²) in [5.41, 5.74) is 0.874. The lowest BCUT2D eigenvalue weighted by Gasteiger charge is -2.24. The Bertz CT molecular complexity index is 1860. The zero-order valence-corrected chi connectivity index (χ0v) is 36.0. The minimum absolute atomic E-state index is 0.00713. The van der Waals surface area contributed by atoms with E-state index in [1.807, 2.05) is 0 Å². The third kappa shape index (κ3) is 19.8. The van der Waals surface area contributed by atoms with Gasteiger partial charge in [-0.15, -0.1) is 0 Å². The molecule has 2 amide bonds. The number of ketones is 6. The number of nitrogens with one attached hydrogen (secondary N) is 4. The molecule has 21 heteroatoms. The number of rotatable bonds is 34. The average molecular weight is 889 g/mol. The number of carbonyl (C=O) groups is 10. The van der Waals surface area contributed by atoms with Gasteiger partial charge in [-0.25, -0.2) is 9.97 Å². The maximum absolute atomic E-state index is 13.6. The molecule has 0 spiro atoms. The third-order valence-corrected chi connectivity index (χ3v) is 10.3. The highest BCUT2D eigenvalue weighted by Gasteiger charge is 2.35. The lowest BCUT2D eigenvalue weighted by molar-refractivity contribution is -0.142. The van der Waals surface area contributed by atoms with Crippen molar-refractivity contribution in [2.75, 3.05) is 13.2 Å². The second kappa shape index (κ2) is 27.3. The van der Waals surface area contributed by atoms with Crippen LogP contribution in [0.25, 0.3) is 0 Å². The van der Waals surface area contributed by atoms with Gasteiger partial charge in [0, 0.05) is 93.6 Å². The maximum atomic E-state index is 13.6. The van der Waals surface area contributed by atoms with Crippen LogP contribution in [0.4, 0.5) is 0 Å². The van der Waals surface area contributed by atoms with Crippen LogP contribution in [0.1, 0.15) is 103 Å². The zero-order valence-electron chi connectivity index (χ0n) is 36.0. The van der Waals surface area contributed by atoms with Gasteiger partial charge in [-0.2, -0.15) is 0 Å². The summed E-state index contributed by atoms with van der Waals surface area (Å²) < 4.78 is 5.42. The van der Waals surface area contributed by atoms with Crippen LogP contribution in [0.2, 0.25) is 0 Å². The van der Waals surface area contributed by atoms with E-state index in [1.165, 1.54) is 45.8 Å². The molecule has 8 atom stereocenters. The molecule has 63 heavy (non-hydrogen) atoms. The minimum atomic E-state index is -1.37. The molecule has 0 aliphatic heterocycles. The number of hydrogen-bond acceptors (Lipinski definition) is 15. The second-order valence-corrected chi connectivity index (χ2v) is 15.8. The monoisotopic (exact) mass is 888 g/mol. The summed E-state index contributed by atoms with van der Waals surface area (Å²) >= 11 is 0. The highest BCUT2D eigenvalue weighted by Crippen LogP contribution is 2.20. The Morgan fingerprint density at radius 3 is 1.48 bits per heavy atom. The van der Waals surface area contributed by atoms with E-state index in [0.717, 1.165) is 0 Å². The predicted molar refractivity (Wildman–Crippen MR) is 219 cm³/mol. The molecule has 2 aromatic heterocycles. The smallest absolute Gasteiger partial charge is 0.304 e. The largest absolute Gasteiger partial charge is 0.481 e. The van der Waals surface area contributed by atoms with E-state index in [2.05, 4.69) is 30.6 Å². The molecule has 2 rings (SSSR count). The molecule has 0 aromatic carbocycles. The van der Waals surface area contributed by atoms with Crippen molar-refractivity contribution in [2.24, 2.45) is 23.7 Å². The standard InChI is InChI=1S/C42H60N6O15/c1-5-7-35(53)26(13-39(57)58)11-37(55)34(16-29-19-44-22-46-29)48-42(62)32(25(4)51)17-30(52)20-63-9-6-8-36(54)27(14-40(59)60)12-38(56)33(15-28-18-43-21-45-28)47-41(61)31(24(3)50)10-23(2)49/h18-19,21-22,24-27,31-34,50-51H,5-17,20H2,1-4H3,(H,43,45)(H,44,46)(H,47,61)(H,48,62)(H,57,58)(H,59,60)/t24-,25-,26+,27+,31+,32+,33+,34+/m0/s1. The molecule has 0 bridgehead atoms. The number of hydrogen-bond donors (Lipinski definition) is 8. The van der Waals surface area contributed by atoms with Crippen molar-refractivity contribution in [1.82, 2.24) is 30.6 Å². The SMILES string of the molecule is CCCC(=O)[C@@H](CC(=O)O)CC(=O)[C@@H](Cc1cnc[nH]1)NC(=O)[C@H](CC(=O)COCCCC(=O)[C@@H](CC(=O)O)CC(=O)[C@@H](Cc1cnc[nH]1)NC(=O)[C@H](CC(C)=O)[C@H](C)O)[C@H](C)O. The molecule has 0 saturated heterocycles. The van der Waals surface area contributed by atoms with Gasteiger partial charge in [0.05, 0.1) is 61.6 Å². The van der Waals surface area contributed by atoms with Crippen molar-refractivity contribution in [1.29, 1.82) is 0 Å². The first-order valence-electron chi connectivity index (χ1n) is 20.8. The van der Waals surface area contributed by atoms with E-state index in [4.69, 9.17) is 4.74 Å². The van der Waals surface area contributed by atoms with E-state index in [-0.39, 0.29) is 50.9 Å². The average Bonchev–Trinajstić information content (AvgIpc) is 3.92. The van der Waals surface area contributed by atoms with Crippen LogP contribution < -0.4 is 10.6 Å². The quantitative estimate of drug-likeness (QED) is 0.0447. The van der Waals surface area contributed by atoms with Gasteiger partial charge in [0.15, 0.2) is 17.3 Å². The lowest BCUT2D eigenvalue weighted by Crippen LogP contribution is -2.48. The van der Waals surface area contributed by atoms with E-state index in [9.17, 15) is 68.4 Å². The Balaban J connectivity index is 2.04. The van der Waals surface area contributed by atoms with Gasteiger partial charge in [-0.1, -0.05) is 6.92 Å². The van der Waals surface area contributed by atoms with Gasteiger partial charge in [0.2, 0.25) is 11.8 Å². The first kappa shape index (κ1) is 53.3. The zero-order chi connectivity index (χ0) is 47.2. The number of carboxylic acids is 2.